The lowest BCUT2D eigenvalue weighted by Crippen LogP contribution is -2.24. The predicted molar refractivity (Wildman–Crippen MR) is 86.2 cm³/mol. The van der Waals surface area contributed by atoms with E-state index in [9.17, 15) is 4.79 Å². The second-order valence-electron chi connectivity index (χ2n) is 4.90. The normalized spacial score (nSPS) is 10.4. The third kappa shape index (κ3) is 4.88. The van der Waals surface area contributed by atoms with Crippen LogP contribution < -0.4 is 11.1 Å². The molecule has 0 aliphatic carbocycles. The maximum atomic E-state index is 11.9. The van der Waals surface area contributed by atoms with Crippen molar-refractivity contribution in [1.82, 2.24) is 5.32 Å². The van der Waals surface area contributed by atoms with Crippen LogP contribution in [0.25, 0.3) is 0 Å². The van der Waals surface area contributed by atoms with E-state index in [0.717, 1.165) is 17.5 Å². The van der Waals surface area contributed by atoms with Crippen molar-refractivity contribution >= 4 is 17.5 Å². The van der Waals surface area contributed by atoms with Crippen LogP contribution in [0.4, 0.5) is 0 Å². The molecule has 0 bridgehead atoms. The highest BCUT2D eigenvalue weighted by Gasteiger charge is 2.06. The molecule has 0 saturated carbocycles. The molecule has 2 aromatic carbocycles. The lowest BCUT2D eigenvalue weighted by Gasteiger charge is -2.07. The van der Waals surface area contributed by atoms with Gasteiger partial charge in [-0.25, -0.2) is 0 Å². The van der Waals surface area contributed by atoms with Crippen molar-refractivity contribution in [3.8, 4) is 0 Å². The maximum Gasteiger partial charge on any atom is 0.224 e. The first-order valence-corrected chi connectivity index (χ1v) is 7.35. The summed E-state index contributed by atoms with van der Waals surface area (Å²) in [6.07, 6.45) is 1.17. The number of benzene rings is 2. The molecule has 0 radical (unpaired) electrons. The fraction of sp³-hybridized carbons (Fsp3) is 0.235. The molecule has 4 heteroatoms. The molecule has 110 valence electrons. The van der Waals surface area contributed by atoms with Crippen LogP contribution in [0.1, 0.15) is 16.7 Å². The van der Waals surface area contributed by atoms with Crippen molar-refractivity contribution < 1.29 is 4.79 Å². The summed E-state index contributed by atoms with van der Waals surface area (Å²) in [6, 6.07) is 15.5. The Kier molecular flexibility index (Phi) is 5.78. The van der Waals surface area contributed by atoms with E-state index in [-0.39, 0.29) is 5.91 Å². The van der Waals surface area contributed by atoms with E-state index in [1.54, 1.807) is 6.07 Å². The summed E-state index contributed by atoms with van der Waals surface area (Å²) < 4.78 is 0. The van der Waals surface area contributed by atoms with E-state index in [0.29, 0.717) is 24.5 Å². The van der Waals surface area contributed by atoms with Gasteiger partial charge in [0.25, 0.3) is 0 Å². The summed E-state index contributed by atoms with van der Waals surface area (Å²) in [5, 5.41) is 3.53. The van der Waals surface area contributed by atoms with Gasteiger partial charge in [-0.05, 0) is 35.7 Å². The topological polar surface area (TPSA) is 55.1 Å². The second-order valence-corrected chi connectivity index (χ2v) is 5.31. The van der Waals surface area contributed by atoms with Crippen LogP contribution in [0.2, 0.25) is 5.02 Å². The Balaban J connectivity index is 1.85. The van der Waals surface area contributed by atoms with Gasteiger partial charge in [0, 0.05) is 11.6 Å². The van der Waals surface area contributed by atoms with Gasteiger partial charge >= 0.3 is 0 Å². The van der Waals surface area contributed by atoms with Gasteiger partial charge in [0.15, 0.2) is 0 Å². The van der Waals surface area contributed by atoms with Crippen molar-refractivity contribution in [3.05, 3.63) is 70.2 Å². The molecule has 0 heterocycles. The van der Waals surface area contributed by atoms with Gasteiger partial charge in [0.2, 0.25) is 5.91 Å². The Bertz CT molecular complexity index is 596. The minimum atomic E-state index is -0.0332. The van der Waals surface area contributed by atoms with E-state index >= 15 is 0 Å². The van der Waals surface area contributed by atoms with E-state index in [1.165, 1.54) is 5.56 Å². The molecule has 2 aromatic rings. The van der Waals surface area contributed by atoms with Crippen molar-refractivity contribution in [3.63, 3.8) is 0 Å². The highest BCUT2D eigenvalue weighted by molar-refractivity contribution is 6.31. The Morgan fingerprint density at radius 3 is 2.38 bits per heavy atom. The minimum Gasteiger partial charge on any atom is -0.352 e. The molecular weight excluding hydrogens is 284 g/mol. The Hall–Kier alpha value is -1.84. The number of hydrogen-bond donors (Lipinski definition) is 2. The molecule has 3 nitrogen and oxygen atoms in total. The number of nitrogens with two attached hydrogens (primary N) is 1. The second kappa shape index (κ2) is 7.81. The maximum absolute atomic E-state index is 11.9. The number of halogens is 1. The molecular formula is C17H19ClN2O. The molecule has 0 fully saturated rings. The van der Waals surface area contributed by atoms with Crippen LogP contribution >= 0.6 is 11.6 Å². The standard InChI is InChI=1S/C17H19ClN2O/c18-16-4-2-1-3-15(16)11-17(21)20-12-14-7-5-13(6-8-14)9-10-19/h1-8H,9-12,19H2,(H,20,21). The third-order valence-corrected chi connectivity index (χ3v) is 3.62. The molecule has 0 aliphatic heterocycles. The molecule has 2 rings (SSSR count). The van der Waals surface area contributed by atoms with Crippen molar-refractivity contribution in [2.24, 2.45) is 5.73 Å². The molecule has 0 aliphatic rings. The molecule has 1 amide bonds. The van der Waals surface area contributed by atoms with Crippen LogP contribution in [-0.2, 0) is 24.2 Å². The molecule has 0 unspecified atom stereocenters. The largest absolute Gasteiger partial charge is 0.352 e. The summed E-state index contributed by atoms with van der Waals surface area (Å²) in [6.45, 7) is 1.17. The molecule has 0 spiro atoms. The Morgan fingerprint density at radius 2 is 1.71 bits per heavy atom. The number of hydrogen-bond acceptors (Lipinski definition) is 2. The highest BCUT2D eigenvalue weighted by Crippen LogP contribution is 2.15. The minimum absolute atomic E-state index is 0.0332. The number of nitrogens with one attached hydrogen (secondary N) is 1. The zero-order valence-electron chi connectivity index (χ0n) is 11.8. The predicted octanol–water partition coefficient (Wildman–Crippen LogP) is 2.70. The monoisotopic (exact) mass is 302 g/mol. The smallest absolute Gasteiger partial charge is 0.224 e. The summed E-state index contributed by atoms with van der Waals surface area (Å²) in [5.41, 5.74) is 8.64. The zero-order valence-corrected chi connectivity index (χ0v) is 12.6. The van der Waals surface area contributed by atoms with Crippen LogP contribution in [-0.4, -0.2) is 12.5 Å². The van der Waals surface area contributed by atoms with Gasteiger partial charge in [-0.15, -0.1) is 0 Å². The van der Waals surface area contributed by atoms with Crippen LogP contribution in [0.15, 0.2) is 48.5 Å². The average Bonchev–Trinajstić information content (AvgIpc) is 2.49. The van der Waals surface area contributed by atoms with E-state index in [4.69, 9.17) is 17.3 Å². The summed E-state index contributed by atoms with van der Waals surface area (Å²) in [4.78, 5) is 11.9. The van der Waals surface area contributed by atoms with Gasteiger partial charge in [-0.2, -0.15) is 0 Å². The number of carbonyl (C=O) groups is 1. The zero-order chi connectivity index (χ0) is 15.1. The van der Waals surface area contributed by atoms with E-state index in [2.05, 4.69) is 5.32 Å². The van der Waals surface area contributed by atoms with E-state index < -0.39 is 0 Å². The van der Waals surface area contributed by atoms with Gasteiger partial charge in [-0.3, -0.25) is 4.79 Å². The summed E-state index contributed by atoms with van der Waals surface area (Å²) >= 11 is 6.04. The first-order chi connectivity index (χ1) is 10.2. The SMILES string of the molecule is NCCc1ccc(CNC(=O)Cc2ccccc2Cl)cc1. The van der Waals surface area contributed by atoms with Crippen molar-refractivity contribution in [2.75, 3.05) is 6.54 Å². The third-order valence-electron chi connectivity index (χ3n) is 3.25. The lowest BCUT2D eigenvalue weighted by atomic mass is 10.1. The number of rotatable bonds is 6. The first-order valence-electron chi connectivity index (χ1n) is 6.97. The average molecular weight is 303 g/mol. The Morgan fingerprint density at radius 1 is 1.05 bits per heavy atom. The number of amides is 1. The fourth-order valence-electron chi connectivity index (χ4n) is 2.07. The lowest BCUT2D eigenvalue weighted by molar-refractivity contribution is -0.120. The molecule has 0 atom stereocenters. The van der Waals surface area contributed by atoms with E-state index in [1.807, 2.05) is 42.5 Å². The van der Waals surface area contributed by atoms with Crippen molar-refractivity contribution in [1.29, 1.82) is 0 Å². The van der Waals surface area contributed by atoms with Crippen LogP contribution in [0.3, 0.4) is 0 Å². The van der Waals surface area contributed by atoms with Gasteiger partial charge < -0.3 is 11.1 Å². The first kappa shape index (κ1) is 15.5. The summed E-state index contributed by atoms with van der Waals surface area (Å²) in [7, 11) is 0. The number of carbonyl (C=O) groups excluding carboxylic acids is 1. The fourth-order valence-corrected chi connectivity index (χ4v) is 2.27. The quantitative estimate of drug-likeness (QED) is 0.862. The van der Waals surface area contributed by atoms with Crippen LogP contribution in [0.5, 0.6) is 0 Å². The molecule has 21 heavy (non-hydrogen) atoms. The highest BCUT2D eigenvalue weighted by atomic mass is 35.5. The van der Waals surface area contributed by atoms with Crippen LogP contribution in [0, 0.1) is 0 Å². The van der Waals surface area contributed by atoms with Gasteiger partial charge in [0.1, 0.15) is 0 Å². The van der Waals surface area contributed by atoms with Gasteiger partial charge in [-0.1, -0.05) is 54.1 Å². The molecule has 0 aromatic heterocycles. The Labute approximate surface area is 130 Å². The summed E-state index contributed by atoms with van der Waals surface area (Å²) in [5.74, 6) is -0.0332. The molecule has 3 N–H and O–H groups in total. The van der Waals surface area contributed by atoms with Gasteiger partial charge in [0.05, 0.1) is 6.42 Å². The molecule has 0 saturated heterocycles. The van der Waals surface area contributed by atoms with Crippen molar-refractivity contribution in [2.45, 2.75) is 19.4 Å².